The van der Waals surface area contributed by atoms with Crippen molar-refractivity contribution < 1.29 is 14.7 Å². The Hall–Kier alpha value is -0.910. The maximum absolute atomic E-state index is 12.3. The van der Waals surface area contributed by atoms with Gasteiger partial charge in [0.1, 0.15) is 6.04 Å². The van der Waals surface area contributed by atoms with E-state index in [1.807, 2.05) is 0 Å². The van der Waals surface area contributed by atoms with E-state index in [4.69, 9.17) is 0 Å². The smallest absolute Gasteiger partial charge is 0.327 e. The molecule has 1 saturated carbocycles. The monoisotopic (exact) mass is 300 g/mol. The first-order valence-corrected chi connectivity index (χ1v) is 8.50. The molecule has 2 N–H and O–H groups in total. The van der Waals surface area contributed by atoms with Gasteiger partial charge in [-0.1, -0.05) is 13.8 Å². The Labute approximate surface area is 124 Å². The number of carbonyl (C=O) groups excluding carboxylic acids is 1. The molecule has 0 radical (unpaired) electrons. The van der Waals surface area contributed by atoms with Crippen LogP contribution < -0.4 is 5.32 Å². The summed E-state index contributed by atoms with van der Waals surface area (Å²) >= 11 is 1.60. The number of carboxylic acid groups (broad SMARTS) is 1. The Morgan fingerprint density at radius 3 is 2.45 bits per heavy atom. The van der Waals surface area contributed by atoms with Crippen molar-refractivity contribution in [1.82, 2.24) is 10.2 Å². The summed E-state index contributed by atoms with van der Waals surface area (Å²) in [5.74, 6) is 1.64. The van der Waals surface area contributed by atoms with E-state index >= 15 is 0 Å². The number of carbonyl (C=O) groups is 2. The van der Waals surface area contributed by atoms with Crippen molar-refractivity contribution in [2.45, 2.75) is 45.2 Å². The van der Waals surface area contributed by atoms with Gasteiger partial charge in [-0.3, -0.25) is 0 Å². The van der Waals surface area contributed by atoms with Crippen LogP contribution >= 0.6 is 11.8 Å². The number of nitrogens with zero attached hydrogens (tertiary/aromatic N) is 1. The molecule has 2 amide bonds. The SMILES string of the molecule is CC1CC(C)CC(NC(=O)N2CCSCC2C(=O)O)C1. The van der Waals surface area contributed by atoms with E-state index in [1.165, 1.54) is 11.3 Å². The lowest BCUT2D eigenvalue weighted by Gasteiger charge is -2.36. The van der Waals surface area contributed by atoms with Gasteiger partial charge in [0, 0.05) is 24.1 Å². The first-order chi connectivity index (χ1) is 9.47. The van der Waals surface area contributed by atoms with E-state index in [0.717, 1.165) is 18.6 Å². The van der Waals surface area contributed by atoms with E-state index in [0.29, 0.717) is 24.1 Å². The fraction of sp³-hybridized carbons (Fsp3) is 0.857. The second-order valence-electron chi connectivity index (χ2n) is 6.19. The highest BCUT2D eigenvalue weighted by atomic mass is 32.2. The molecule has 2 fully saturated rings. The van der Waals surface area contributed by atoms with Crippen LogP contribution in [0.3, 0.4) is 0 Å². The molecule has 0 bridgehead atoms. The van der Waals surface area contributed by atoms with Crippen LogP contribution in [0.1, 0.15) is 33.1 Å². The van der Waals surface area contributed by atoms with Crippen molar-refractivity contribution >= 4 is 23.8 Å². The summed E-state index contributed by atoms with van der Waals surface area (Å²) in [6.07, 6.45) is 3.21. The van der Waals surface area contributed by atoms with Crippen LogP contribution in [0.25, 0.3) is 0 Å². The molecule has 1 aliphatic heterocycles. The molecule has 0 aromatic rings. The van der Waals surface area contributed by atoms with E-state index in [2.05, 4.69) is 19.2 Å². The minimum Gasteiger partial charge on any atom is -0.480 e. The lowest BCUT2D eigenvalue weighted by atomic mass is 9.80. The highest BCUT2D eigenvalue weighted by molar-refractivity contribution is 7.99. The molecule has 0 spiro atoms. The van der Waals surface area contributed by atoms with Crippen LogP contribution in [0, 0.1) is 11.8 Å². The van der Waals surface area contributed by atoms with E-state index < -0.39 is 12.0 Å². The fourth-order valence-electron chi connectivity index (χ4n) is 3.37. The van der Waals surface area contributed by atoms with Crippen molar-refractivity contribution in [3.63, 3.8) is 0 Å². The van der Waals surface area contributed by atoms with E-state index in [1.54, 1.807) is 11.8 Å². The van der Waals surface area contributed by atoms with Crippen LogP contribution in [-0.2, 0) is 4.79 Å². The lowest BCUT2D eigenvalue weighted by Crippen LogP contribution is -2.56. The molecule has 1 aliphatic carbocycles. The summed E-state index contributed by atoms with van der Waals surface area (Å²) in [6.45, 7) is 4.95. The third-order valence-corrected chi connectivity index (χ3v) is 5.20. The summed E-state index contributed by atoms with van der Waals surface area (Å²) in [5, 5.41) is 12.3. The molecule has 2 rings (SSSR count). The van der Waals surface area contributed by atoms with Gasteiger partial charge in [-0.15, -0.1) is 0 Å². The lowest BCUT2D eigenvalue weighted by molar-refractivity contribution is -0.141. The van der Waals surface area contributed by atoms with E-state index in [9.17, 15) is 14.7 Å². The number of nitrogens with one attached hydrogen (secondary N) is 1. The minimum atomic E-state index is -0.905. The van der Waals surface area contributed by atoms with Gasteiger partial charge in [0.15, 0.2) is 0 Å². The number of thioether (sulfide) groups is 1. The molecule has 0 aromatic heterocycles. The Balaban J connectivity index is 1.94. The summed E-state index contributed by atoms with van der Waals surface area (Å²) in [6, 6.07) is -0.707. The number of amides is 2. The third-order valence-electron chi connectivity index (χ3n) is 4.18. The molecule has 6 heteroatoms. The van der Waals surface area contributed by atoms with Crippen LogP contribution in [0.4, 0.5) is 4.79 Å². The largest absolute Gasteiger partial charge is 0.480 e. The number of hydrogen-bond acceptors (Lipinski definition) is 3. The summed E-state index contributed by atoms with van der Waals surface area (Å²) in [7, 11) is 0. The molecule has 20 heavy (non-hydrogen) atoms. The predicted molar refractivity (Wildman–Crippen MR) is 80.0 cm³/mol. The average molecular weight is 300 g/mol. The number of rotatable bonds is 2. The quantitative estimate of drug-likeness (QED) is 0.818. The normalized spacial score (nSPS) is 34.6. The van der Waals surface area contributed by atoms with Crippen molar-refractivity contribution in [2.24, 2.45) is 11.8 Å². The number of carboxylic acids is 1. The van der Waals surface area contributed by atoms with Gasteiger partial charge in [-0.05, 0) is 31.1 Å². The first-order valence-electron chi connectivity index (χ1n) is 7.35. The van der Waals surface area contributed by atoms with Crippen LogP contribution in [0.5, 0.6) is 0 Å². The molecular formula is C14H24N2O3S. The topological polar surface area (TPSA) is 69.6 Å². The molecule has 0 aromatic carbocycles. The van der Waals surface area contributed by atoms with Gasteiger partial charge in [0.25, 0.3) is 0 Å². The zero-order valence-corrected chi connectivity index (χ0v) is 13.0. The second-order valence-corrected chi connectivity index (χ2v) is 7.34. The van der Waals surface area contributed by atoms with Gasteiger partial charge in [-0.25, -0.2) is 9.59 Å². The highest BCUT2D eigenvalue weighted by Crippen LogP contribution is 2.28. The number of hydrogen-bond donors (Lipinski definition) is 2. The zero-order valence-electron chi connectivity index (χ0n) is 12.2. The Morgan fingerprint density at radius 1 is 1.20 bits per heavy atom. The van der Waals surface area contributed by atoms with Gasteiger partial charge in [0.2, 0.25) is 0 Å². The van der Waals surface area contributed by atoms with Crippen molar-refractivity contribution in [3.05, 3.63) is 0 Å². The maximum Gasteiger partial charge on any atom is 0.327 e. The third kappa shape index (κ3) is 3.81. The molecule has 2 aliphatic rings. The second kappa shape index (κ2) is 6.70. The standard InChI is InChI=1S/C14H24N2O3S/c1-9-5-10(2)7-11(6-9)15-14(19)16-3-4-20-8-12(16)13(17)18/h9-12H,3-8H2,1-2H3,(H,15,19)(H,17,18). The minimum absolute atomic E-state index is 0.185. The van der Waals surface area contributed by atoms with Gasteiger partial charge in [0.05, 0.1) is 0 Å². The molecule has 3 unspecified atom stereocenters. The van der Waals surface area contributed by atoms with Gasteiger partial charge in [-0.2, -0.15) is 11.8 Å². The van der Waals surface area contributed by atoms with Crippen molar-refractivity contribution in [2.75, 3.05) is 18.1 Å². The Morgan fingerprint density at radius 2 is 1.85 bits per heavy atom. The molecule has 114 valence electrons. The average Bonchev–Trinajstić information content (AvgIpc) is 2.37. The Bertz CT molecular complexity index is 367. The Kier molecular flexibility index (Phi) is 5.18. The zero-order chi connectivity index (χ0) is 14.7. The molecule has 5 nitrogen and oxygen atoms in total. The summed E-state index contributed by atoms with van der Waals surface area (Å²) in [4.78, 5) is 25.1. The van der Waals surface area contributed by atoms with Crippen molar-refractivity contribution in [3.8, 4) is 0 Å². The maximum atomic E-state index is 12.3. The van der Waals surface area contributed by atoms with Crippen molar-refractivity contribution in [1.29, 1.82) is 0 Å². The first kappa shape index (κ1) is 15.5. The fourth-order valence-corrected chi connectivity index (χ4v) is 4.41. The number of urea groups is 1. The van der Waals surface area contributed by atoms with Crippen LogP contribution in [-0.4, -0.2) is 52.1 Å². The highest BCUT2D eigenvalue weighted by Gasteiger charge is 2.34. The van der Waals surface area contributed by atoms with Gasteiger partial charge < -0.3 is 15.3 Å². The van der Waals surface area contributed by atoms with Gasteiger partial charge >= 0.3 is 12.0 Å². The number of aliphatic carboxylic acids is 1. The molecular weight excluding hydrogens is 276 g/mol. The molecule has 1 saturated heterocycles. The summed E-state index contributed by atoms with van der Waals surface area (Å²) in [5.41, 5.74) is 0. The predicted octanol–water partition coefficient (Wildman–Crippen LogP) is 2.02. The van der Waals surface area contributed by atoms with Crippen LogP contribution in [0.15, 0.2) is 0 Å². The van der Waals surface area contributed by atoms with E-state index in [-0.39, 0.29) is 12.1 Å². The van der Waals surface area contributed by atoms with Crippen LogP contribution in [0.2, 0.25) is 0 Å². The molecule has 1 heterocycles. The molecule has 3 atom stereocenters. The summed E-state index contributed by atoms with van der Waals surface area (Å²) < 4.78 is 0.